The monoisotopic (exact) mass is 319 g/mol. The second-order valence-corrected chi connectivity index (χ2v) is 6.35. The van der Waals surface area contributed by atoms with Crippen molar-refractivity contribution in [2.75, 3.05) is 13.2 Å². The van der Waals surface area contributed by atoms with Gasteiger partial charge in [-0.25, -0.2) is 0 Å². The number of carbonyl (C=O) groups excluding carboxylic acids is 1. The normalized spacial score (nSPS) is 21.1. The van der Waals surface area contributed by atoms with Gasteiger partial charge in [-0.3, -0.25) is 9.59 Å². The molecule has 1 heterocycles. The number of carbonyl (C=O) groups is 2. The molecule has 1 aliphatic heterocycles. The van der Waals surface area contributed by atoms with Crippen LogP contribution in [0.1, 0.15) is 37.3 Å². The topological polar surface area (TPSA) is 66.8 Å². The Morgan fingerprint density at radius 2 is 2.00 bits per heavy atom. The first-order chi connectivity index (χ1) is 10.9. The highest BCUT2D eigenvalue weighted by atomic mass is 16.5. The number of carboxylic acid groups (broad SMARTS) is 1. The molecule has 1 N–H and O–H groups in total. The van der Waals surface area contributed by atoms with Crippen molar-refractivity contribution < 1.29 is 19.4 Å². The van der Waals surface area contributed by atoms with Crippen LogP contribution in [0.25, 0.3) is 0 Å². The van der Waals surface area contributed by atoms with Crippen molar-refractivity contribution in [1.29, 1.82) is 0 Å². The van der Waals surface area contributed by atoms with E-state index in [0.29, 0.717) is 19.6 Å². The highest BCUT2D eigenvalue weighted by Gasteiger charge is 2.32. The average Bonchev–Trinajstić information content (AvgIpc) is 2.51. The highest BCUT2D eigenvalue weighted by Crippen LogP contribution is 2.23. The number of hydrogen-bond acceptors (Lipinski definition) is 3. The van der Waals surface area contributed by atoms with Crippen molar-refractivity contribution in [2.24, 2.45) is 5.92 Å². The third-order valence-electron chi connectivity index (χ3n) is 4.61. The summed E-state index contributed by atoms with van der Waals surface area (Å²) < 4.78 is 5.65. The summed E-state index contributed by atoms with van der Waals surface area (Å²) in [5.74, 6) is -0.541. The van der Waals surface area contributed by atoms with E-state index in [1.165, 1.54) is 5.56 Å². The van der Waals surface area contributed by atoms with Crippen molar-refractivity contribution in [3.05, 3.63) is 29.3 Å². The first-order valence-corrected chi connectivity index (χ1v) is 8.11. The lowest BCUT2D eigenvalue weighted by atomic mass is 9.93. The van der Waals surface area contributed by atoms with E-state index >= 15 is 0 Å². The molecule has 2 rings (SSSR count). The quantitative estimate of drug-likeness (QED) is 0.906. The summed E-state index contributed by atoms with van der Waals surface area (Å²) in [6.45, 7) is 6.65. The van der Waals surface area contributed by atoms with E-state index in [0.717, 1.165) is 17.7 Å². The molecule has 1 aromatic rings. The number of rotatable bonds is 5. The Bertz CT molecular complexity index is 584. The Balaban J connectivity index is 1.85. The first kappa shape index (κ1) is 17.3. The molecular formula is C18H25NO4. The van der Waals surface area contributed by atoms with E-state index in [4.69, 9.17) is 9.84 Å². The maximum absolute atomic E-state index is 12.3. The lowest BCUT2D eigenvalue weighted by Gasteiger charge is -2.36. The fourth-order valence-corrected chi connectivity index (χ4v) is 2.86. The number of ether oxygens (including phenoxy) is 1. The Hall–Kier alpha value is -2.04. The highest BCUT2D eigenvalue weighted by molar-refractivity contribution is 5.78. The molecule has 5 nitrogen and oxygen atoms in total. The van der Waals surface area contributed by atoms with Crippen molar-refractivity contribution in [1.82, 2.24) is 4.90 Å². The molecule has 0 bridgehead atoms. The number of nitrogens with zero attached hydrogens (tertiary/aromatic N) is 1. The van der Waals surface area contributed by atoms with Gasteiger partial charge in [0.25, 0.3) is 0 Å². The molecule has 1 aromatic carbocycles. The van der Waals surface area contributed by atoms with Crippen LogP contribution < -0.4 is 4.74 Å². The van der Waals surface area contributed by atoms with Crippen molar-refractivity contribution in [2.45, 2.75) is 46.1 Å². The van der Waals surface area contributed by atoms with Crippen LogP contribution in [0.3, 0.4) is 0 Å². The molecule has 1 saturated heterocycles. The molecule has 0 aliphatic carbocycles. The van der Waals surface area contributed by atoms with Crippen LogP contribution in [0.5, 0.6) is 5.75 Å². The minimum absolute atomic E-state index is 0.0349. The van der Waals surface area contributed by atoms with Gasteiger partial charge in [0.05, 0.1) is 18.9 Å². The van der Waals surface area contributed by atoms with Gasteiger partial charge < -0.3 is 14.7 Å². The Morgan fingerprint density at radius 3 is 2.65 bits per heavy atom. The zero-order chi connectivity index (χ0) is 17.0. The van der Waals surface area contributed by atoms with Crippen LogP contribution in [0.15, 0.2) is 18.2 Å². The number of aryl methyl sites for hydroxylation is 2. The molecule has 0 saturated carbocycles. The lowest BCUT2D eigenvalue weighted by molar-refractivity contribution is -0.147. The first-order valence-electron chi connectivity index (χ1n) is 8.11. The van der Waals surface area contributed by atoms with Crippen LogP contribution in [-0.4, -0.2) is 41.1 Å². The predicted molar refractivity (Wildman–Crippen MR) is 87.6 cm³/mol. The molecular weight excluding hydrogens is 294 g/mol. The van der Waals surface area contributed by atoms with Crippen LogP contribution >= 0.6 is 0 Å². The molecule has 0 radical (unpaired) electrons. The predicted octanol–water partition coefficient (Wildman–Crippen LogP) is 2.78. The van der Waals surface area contributed by atoms with Crippen LogP contribution in [-0.2, 0) is 9.59 Å². The molecule has 2 atom stereocenters. The summed E-state index contributed by atoms with van der Waals surface area (Å²) in [6.07, 6.45) is 1.64. The summed E-state index contributed by atoms with van der Waals surface area (Å²) in [4.78, 5) is 25.2. The van der Waals surface area contributed by atoms with Crippen molar-refractivity contribution in [3.63, 3.8) is 0 Å². The molecule has 2 unspecified atom stereocenters. The van der Waals surface area contributed by atoms with Crippen LogP contribution in [0, 0.1) is 19.8 Å². The van der Waals surface area contributed by atoms with Gasteiger partial charge in [0.15, 0.2) is 0 Å². The van der Waals surface area contributed by atoms with E-state index in [9.17, 15) is 9.59 Å². The minimum atomic E-state index is -0.818. The maximum atomic E-state index is 12.3. The minimum Gasteiger partial charge on any atom is -0.493 e. The smallest absolute Gasteiger partial charge is 0.308 e. The van der Waals surface area contributed by atoms with Gasteiger partial charge in [0, 0.05) is 12.6 Å². The zero-order valence-electron chi connectivity index (χ0n) is 14.0. The van der Waals surface area contributed by atoms with E-state index in [1.54, 1.807) is 4.90 Å². The van der Waals surface area contributed by atoms with Gasteiger partial charge in [-0.05, 0) is 56.9 Å². The van der Waals surface area contributed by atoms with Crippen molar-refractivity contribution >= 4 is 11.9 Å². The number of piperidine rings is 1. The lowest BCUT2D eigenvalue weighted by Crippen LogP contribution is -2.47. The van der Waals surface area contributed by atoms with Gasteiger partial charge >= 0.3 is 5.97 Å². The van der Waals surface area contributed by atoms with E-state index in [1.807, 2.05) is 39.0 Å². The van der Waals surface area contributed by atoms with Gasteiger partial charge in [-0.1, -0.05) is 6.07 Å². The molecule has 5 heteroatoms. The SMILES string of the molecule is Cc1ccc(OCCC(=O)N2CC(C(=O)O)CCC2C)cc1C. The number of amides is 1. The molecule has 1 fully saturated rings. The number of hydrogen-bond donors (Lipinski definition) is 1. The standard InChI is InChI=1S/C18H25NO4/c1-12-4-7-16(10-13(12)2)23-9-8-17(20)19-11-15(18(21)22)6-5-14(19)3/h4,7,10,14-15H,5-6,8-9,11H2,1-3H3,(H,21,22). The van der Waals surface area contributed by atoms with Crippen molar-refractivity contribution in [3.8, 4) is 5.75 Å². The molecule has 126 valence electrons. The summed E-state index contributed by atoms with van der Waals surface area (Å²) in [7, 11) is 0. The summed E-state index contributed by atoms with van der Waals surface area (Å²) in [5, 5.41) is 9.13. The molecule has 1 amide bonds. The second kappa shape index (κ2) is 7.49. The second-order valence-electron chi connectivity index (χ2n) is 6.35. The molecule has 1 aliphatic rings. The molecule has 0 spiro atoms. The van der Waals surface area contributed by atoms with Gasteiger partial charge in [0.1, 0.15) is 5.75 Å². The third-order valence-corrected chi connectivity index (χ3v) is 4.61. The number of carboxylic acids is 1. The Morgan fingerprint density at radius 1 is 1.26 bits per heavy atom. The van der Waals surface area contributed by atoms with Gasteiger partial charge in [-0.2, -0.15) is 0 Å². The fourth-order valence-electron chi connectivity index (χ4n) is 2.86. The molecule has 0 aromatic heterocycles. The van der Waals surface area contributed by atoms with Crippen LogP contribution in [0.4, 0.5) is 0 Å². The Labute approximate surface area is 137 Å². The number of likely N-dealkylation sites (tertiary alicyclic amines) is 1. The van der Waals surface area contributed by atoms with E-state index in [-0.39, 0.29) is 18.4 Å². The zero-order valence-corrected chi connectivity index (χ0v) is 14.0. The Kier molecular flexibility index (Phi) is 5.64. The fraction of sp³-hybridized carbons (Fsp3) is 0.556. The molecule has 23 heavy (non-hydrogen) atoms. The van der Waals surface area contributed by atoms with E-state index < -0.39 is 11.9 Å². The average molecular weight is 319 g/mol. The van der Waals surface area contributed by atoms with E-state index in [2.05, 4.69) is 0 Å². The summed E-state index contributed by atoms with van der Waals surface area (Å²) in [6, 6.07) is 5.96. The third kappa shape index (κ3) is 4.47. The van der Waals surface area contributed by atoms with Gasteiger partial charge in [0.2, 0.25) is 5.91 Å². The number of benzene rings is 1. The van der Waals surface area contributed by atoms with Crippen LogP contribution in [0.2, 0.25) is 0 Å². The van der Waals surface area contributed by atoms with Gasteiger partial charge in [-0.15, -0.1) is 0 Å². The summed E-state index contributed by atoms with van der Waals surface area (Å²) >= 11 is 0. The number of aliphatic carboxylic acids is 1. The maximum Gasteiger partial charge on any atom is 0.308 e. The summed E-state index contributed by atoms with van der Waals surface area (Å²) in [5.41, 5.74) is 2.36. The largest absolute Gasteiger partial charge is 0.493 e.